The summed E-state index contributed by atoms with van der Waals surface area (Å²) < 4.78 is 0. The summed E-state index contributed by atoms with van der Waals surface area (Å²) in [5, 5.41) is 8.52. The van der Waals surface area contributed by atoms with Crippen molar-refractivity contribution in [2.75, 3.05) is 0 Å². The van der Waals surface area contributed by atoms with Crippen LogP contribution < -0.4 is 5.73 Å². The number of nitrogens with zero attached hydrogens (tertiary/aromatic N) is 1. The van der Waals surface area contributed by atoms with Gasteiger partial charge in [-0.25, -0.2) is 0 Å². The van der Waals surface area contributed by atoms with Crippen molar-refractivity contribution in [3.63, 3.8) is 0 Å². The molecule has 1 N–H and O–H groups in total. The standard InChI is InChI=1S/C8H7N2/c9-5-7-3-1-2-4-8(7)6-10/h1-4,9H,5H2. The van der Waals surface area contributed by atoms with Gasteiger partial charge in [-0.1, -0.05) is 18.2 Å². The predicted molar refractivity (Wildman–Crippen MR) is 38.0 cm³/mol. The Morgan fingerprint density at radius 1 is 1.40 bits per heavy atom. The van der Waals surface area contributed by atoms with Crippen LogP contribution in [0.4, 0.5) is 0 Å². The second-order valence-corrected chi connectivity index (χ2v) is 1.95. The molecule has 0 aromatic heterocycles. The fraction of sp³-hybridized carbons (Fsp3) is 0.125. The molecule has 0 atom stereocenters. The van der Waals surface area contributed by atoms with Gasteiger partial charge in [-0.2, -0.15) is 5.26 Å². The molecule has 2 heteroatoms. The van der Waals surface area contributed by atoms with Gasteiger partial charge in [-0.15, -0.1) is 0 Å². The van der Waals surface area contributed by atoms with E-state index in [0.29, 0.717) is 5.56 Å². The van der Waals surface area contributed by atoms with E-state index in [1.165, 1.54) is 0 Å². The Kier molecular flexibility index (Phi) is 2.03. The fourth-order valence-corrected chi connectivity index (χ4v) is 0.784. The van der Waals surface area contributed by atoms with Crippen molar-refractivity contribution in [3.05, 3.63) is 35.4 Å². The molecule has 1 aromatic carbocycles. The van der Waals surface area contributed by atoms with E-state index < -0.39 is 0 Å². The highest BCUT2D eigenvalue weighted by Gasteiger charge is 1.95. The largest absolute Gasteiger partial charge is 0.253 e. The molecule has 49 valence electrons. The van der Waals surface area contributed by atoms with E-state index in [9.17, 15) is 0 Å². The minimum Gasteiger partial charge on any atom is -0.253 e. The van der Waals surface area contributed by atoms with Crippen LogP contribution in [0.3, 0.4) is 0 Å². The maximum absolute atomic E-state index is 8.52. The van der Waals surface area contributed by atoms with E-state index in [1.54, 1.807) is 18.2 Å². The molecule has 2 nitrogen and oxygen atoms in total. The molecule has 0 amide bonds. The van der Waals surface area contributed by atoms with E-state index >= 15 is 0 Å². The van der Waals surface area contributed by atoms with Gasteiger partial charge in [0.25, 0.3) is 0 Å². The van der Waals surface area contributed by atoms with E-state index in [0.717, 1.165) is 5.56 Å². The van der Waals surface area contributed by atoms with Crippen LogP contribution in [0.2, 0.25) is 0 Å². The third-order valence-electron chi connectivity index (χ3n) is 1.33. The van der Waals surface area contributed by atoms with Gasteiger partial charge in [-0.05, 0) is 11.6 Å². The lowest BCUT2D eigenvalue weighted by Gasteiger charge is -1.95. The van der Waals surface area contributed by atoms with E-state index in [1.807, 2.05) is 12.1 Å². The van der Waals surface area contributed by atoms with Crippen LogP contribution in [-0.2, 0) is 6.54 Å². The van der Waals surface area contributed by atoms with Gasteiger partial charge < -0.3 is 0 Å². The van der Waals surface area contributed by atoms with Gasteiger partial charge in [0.05, 0.1) is 11.6 Å². The Bertz CT molecular complexity index is 260. The lowest BCUT2D eigenvalue weighted by atomic mass is 10.1. The summed E-state index contributed by atoms with van der Waals surface area (Å²) in [5.41, 5.74) is 8.44. The van der Waals surface area contributed by atoms with Gasteiger partial charge in [0.2, 0.25) is 0 Å². The Labute approximate surface area is 59.9 Å². The Balaban J connectivity index is 3.12. The molecule has 0 unspecified atom stereocenters. The second-order valence-electron chi connectivity index (χ2n) is 1.95. The molecule has 0 saturated carbocycles. The Morgan fingerprint density at radius 2 is 2.10 bits per heavy atom. The highest BCUT2D eigenvalue weighted by molar-refractivity contribution is 5.36. The maximum Gasteiger partial charge on any atom is 0.0995 e. The molecule has 1 rings (SSSR count). The molecule has 0 spiro atoms. The number of rotatable bonds is 1. The normalized spacial score (nSPS) is 8.80. The smallest absolute Gasteiger partial charge is 0.0995 e. The highest BCUT2D eigenvalue weighted by Crippen LogP contribution is 2.05. The third-order valence-corrected chi connectivity index (χ3v) is 1.33. The lowest BCUT2D eigenvalue weighted by molar-refractivity contribution is 1.02. The zero-order chi connectivity index (χ0) is 7.40. The van der Waals surface area contributed by atoms with Crippen LogP contribution in [0.15, 0.2) is 24.3 Å². The first-order valence-corrected chi connectivity index (χ1v) is 3.01. The summed E-state index contributed by atoms with van der Waals surface area (Å²) in [4.78, 5) is 0. The topological polar surface area (TPSA) is 47.6 Å². The predicted octanol–water partition coefficient (Wildman–Crippen LogP) is 1.34. The minimum absolute atomic E-state index is 0.184. The van der Waals surface area contributed by atoms with Crippen LogP contribution in [0.1, 0.15) is 11.1 Å². The fourth-order valence-electron chi connectivity index (χ4n) is 0.784. The number of benzene rings is 1. The van der Waals surface area contributed by atoms with E-state index in [4.69, 9.17) is 11.0 Å². The molecule has 0 fully saturated rings. The molecule has 1 radical (unpaired) electrons. The molecular weight excluding hydrogens is 124 g/mol. The van der Waals surface area contributed by atoms with Crippen molar-refractivity contribution in [1.29, 1.82) is 5.26 Å². The summed E-state index contributed by atoms with van der Waals surface area (Å²) in [5.74, 6) is 0. The number of nitriles is 1. The van der Waals surface area contributed by atoms with Crippen LogP contribution in [0.5, 0.6) is 0 Å². The minimum atomic E-state index is 0.184. The first-order valence-electron chi connectivity index (χ1n) is 3.01. The molecule has 0 saturated heterocycles. The molecular formula is C8H7N2. The van der Waals surface area contributed by atoms with Crippen molar-refractivity contribution in [2.45, 2.75) is 6.54 Å². The third kappa shape index (κ3) is 1.15. The summed E-state index contributed by atoms with van der Waals surface area (Å²) in [6, 6.07) is 9.19. The zero-order valence-electron chi connectivity index (χ0n) is 5.46. The highest BCUT2D eigenvalue weighted by atomic mass is 14.5. The average molecular weight is 131 g/mol. The number of nitrogens with one attached hydrogen (secondary N) is 1. The van der Waals surface area contributed by atoms with Gasteiger partial charge in [-0.3, -0.25) is 5.73 Å². The van der Waals surface area contributed by atoms with Crippen molar-refractivity contribution >= 4 is 0 Å². The van der Waals surface area contributed by atoms with E-state index in [-0.39, 0.29) is 6.54 Å². The van der Waals surface area contributed by atoms with Crippen LogP contribution in [0, 0.1) is 11.3 Å². The van der Waals surface area contributed by atoms with Crippen molar-refractivity contribution < 1.29 is 0 Å². The summed E-state index contributed by atoms with van der Waals surface area (Å²) in [6.45, 7) is 0.184. The average Bonchev–Trinajstić information content (AvgIpc) is 2.04. The van der Waals surface area contributed by atoms with Crippen molar-refractivity contribution in [2.24, 2.45) is 0 Å². The molecule has 0 heterocycles. The second kappa shape index (κ2) is 3.00. The van der Waals surface area contributed by atoms with Crippen molar-refractivity contribution in [1.82, 2.24) is 5.73 Å². The van der Waals surface area contributed by atoms with E-state index in [2.05, 4.69) is 0 Å². The molecule has 1 aromatic rings. The summed E-state index contributed by atoms with van der Waals surface area (Å²) in [7, 11) is 0. The quantitative estimate of drug-likeness (QED) is 0.567. The maximum atomic E-state index is 8.52. The summed E-state index contributed by atoms with van der Waals surface area (Å²) in [6.07, 6.45) is 0. The molecule has 0 aliphatic rings. The monoisotopic (exact) mass is 131 g/mol. The van der Waals surface area contributed by atoms with Crippen LogP contribution in [0.25, 0.3) is 0 Å². The zero-order valence-corrected chi connectivity index (χ0v) is 5.46. The SMILES string of the molecule is N#Cc1ccccc1C[NH]. The molecule has 0 aliphatic heterocycles. The first kappa shape index (κ1) is 6.79. The van der Waals surface area contributed by atoms with Gasteiger partial charge >= 0.3 is 0 Å². The van der Waals surface area contributed by atoms with Crippen LogP contribution in [-0.4, -0.2) is 0 Å². The Morgan fingerprint density at radius 3 is 2.60 bits per heavy atom. The van der Waals surface area contributed by atoms with Gasteiger partial charge in [0.15, 0.2) is 0 Å². The Hall–Kier alpha value is -1.33. The summed E-state index contributed by atoms with van der Waals surface area (Å²) >= 11 is 0. The number of hydrogen-bond acceptors (Lipinski definition) is 1. The van der Waals surface area contributed by atoms with Gasteiger partial charge in [0, 0.05) is 6.54 Å². The molecule has 10 heavy (non-hydrogen) atoms. The first-order chi connectivity index (χ1) is 4.88. The number of hydrogen-bond donors (Lipinski definition) is 0. The molecule has 0 aliphatic carbocycles. The van der Waals surface area contributed by atoms with Crippen LogP contribution >= 0.6 is 0 Å². The lowest BCUT2D eigenvalue weighted by Crippen LogP contribution is -1.88. The molecule has 0 bridgehead atoms. The van der Waals surface area contributed by atoms with Crippen molar-refractivity contribution in [3.8, 4) is 6.07 Å². The van der Waals surface area contributed by atoms with Gasteiger partial charge in [0.1, 0.15) is 0 Å².